The van der Waals surface area contributed by atoms with Crippen molar-refractivity contribution in [2.45, 2.75) is 18.8 Å². The number of nitrogens with zero attached hydrogens (tertiary/aromatic N) is 1. The van der Waals surface area contributed by atoms with Crippen LogP contribution in [0.5, 0.6) is 5.75 Å². The number of benzene rings is 12. The van der Waals surface area contributed by atoms with Gasteiger partial charge >= 0.3 is 0 Å². The van der Waals surface area contributed by atoms with E-state index in [1.807, 2.05) is 18.2 Å². The van der Waals surface area contributed by atoms with Crippen molar-refractivity contribution in [3.63, 3.8) is 0 Å². The number of aromatic hydroxyl groups is 1. The average molecular weight is 934 g/mol. The predicted octanol–water partition coefficient (Wildman–Crippen LogP) is 18.8. The maximum absolute atomic E-state index is 12.6. The number of hydrogen-bond acceptors (Lipinski definition) is 2. The zero-order chi connectivity index (χ0) is 48.9. The van der Waals surface area contributed by atoms with E-state index in [1.165, 1.54) is 55.3 Å². The zero-order valence-corrected chi connectivity index (χ0v) is 40.6. The molecule has 1 aliphatic rings. The number of aryl methyl sites for hydroxylation is 1. The van der Waals surface area contributed by atoms with Gasteiger partial charge in [0.15, 0.2) is 0 Å². The predicted molar refractivity (Wildman–Crippen MR) is 306 cm³/mol. The average Bonchev–Trinajstić information content (AvgIpc) is 3.76. The lowest BCUT2D eigenvalue weighted by Crippen LogP contribution is -2.30. The van der Waals surface area contributed by atoms with Crippen molar-refractivity contribution in [3.05, 3.63) is 301 Å². The van der Waals surface area contributed by atoms with Crippen LogP contribution in [0.1, 0.15) is 34.7 Å². The number of anilines is 3. The third kappa shape index (κ3) is 7.33. The molecule has 0 spiro atoms. The molecule has 12 aromatic carbocycles. The Kier molecular flexibility index (Phi) is 10.9. The van der Waals surface area contributed by atoms with Gasteiger partial charge in [0.1, 0.15) is 5.75 Å². The Morgan fingerprint density at radius 2 is 0.822 bits per heavy atom. The van der Waals surface area contributed by atoms with Crippen LogP contribution in [0, 0.1) is 0 Å². The number of para-hydroxylation sites is 2. The SMILES string of the molecule is CCc1c(C2(c3ccc4ccccc4c3O)c3ccccc3-c3cc(-c4cccc(-c5cccc(-c6ccccc6N(c6ccccc6)c6cccc(-c7ccccc7)c6)c5)c4)ccc32)ccc2ccccc12. The number of phenols is 1. The summed E-state index contributed by atoms with van der Waals surface area (Å²) in [5, 5.41) is 17.0. The minimum Gasteiger partial charge on any atom is -0.507 e. The van der Waals surface area contributed by atoms with E-state index in [0.29, 0.717) is 5.75 Å². The maximum Gasteiger partial charge on any atom is 0.128 e. The number of phenolic OH excluding ortho intramolecular Hbond substituents is 1. The Hall–Kier alpha value is -9.24. The van der Waals surface area contributed by atoms with Crippen LogP contribution >= 0.6 is 0 Å². The van der Waals surface area contributed by atoms with Crippen molar-refractivity contribution >= 4 is 38.6 Å². The molecular formula is C71H51NO. The standard InChI is InChI=1S/C71H51NO/c1-2-59-60-32-11-9-22-49(60)38-41-66(59)71(68-43-39-50-23-10-12-34-62(50)70(68)73)65-36-15-13-35-63(65)64-47-55(40-42-67(64)71)52-25-17-24-51(44-52)53-26-18-28-56(45-53)61-33-14-16-37-69(61)72(57-29-7-4-8-30-57)58-31-19-27-54(46-58)48-20-5-3-6-21-48/h3-47,73H,2H2,1H3. The molecule has 0 saturated heterocycles. The largest absolute Gasteiger partial charge is 0.507 e. The van der Waals surface area contributed by atoms with Crippen LogP contribution in [0.2, 0.25) is 0 Å². The van der Waals surface area contributed by atoms with Crippen molar-refractivity contribution in [1.29, 1.82) is 0 Å². The van der Waals surface area contributed by atoms with Crippen LogP contribution in [0.15, 0.2) is 273 Å². The minimum atomic E-state index is -0.784. The van der Waals surface area contributed by atoms with E-state index >= 15 is 0 Å². The van der Waals surface area contributed by atoms with Crippen LogP contribution in [0.4, 0.5) is 17.1 Å². The molecular weight excluding hydrogens is 883 g/mol. The van der Waals surface area contributed by atoms with Gasteiger partial charge in [-0.1, -0.05) is 231 Å². The fourth-order valence-electron chi connectivity index (χ4n) is 11.9. The summed E-state index contributed by atoms with van der Waals surface area (Å²) in [4.78, 5) is 2.38. The fourth-order valence-corrected chi connectivity index (χ4v) is 11.9. The highest BCUT2D eigenvalue weighted by Gasteiger charge is 2.49. The second kappa shape index (κ2) is 18.2. The Morgan fingerprint density at radius 1 is 0.329 bits per heavy atom. The molecule has 0 saturated carbocycles. The van der Waals surface area contributed by atoms with Crippen molar-refractivity contribution in [1.82, 2.24) is 0 Å². The molecule has 0 fully saturated rings. The first-order valence-corrected chi connectivity index (χ1v) is 25.4. The lowest BCUT2D eigenvalue weighted by atomic mass is 9.65. The molecule has 13 rings (SSSR count). The van der Waals surface area contributed by atoms with Crippen LogP contribution in [-0.2, 0) is 11.8 Å². The molecule has 1 unspecified atom stereocenters. The molecule has 2 nitrogen and oxygen atoms in total. The fraction of sp³-hybridized carbons (Fsp3) is 0.0423. The third-order valence-corrected chi connectivity index (χ3v) is 15.2. The summed E-state index contributed by atoms with van der Waals surface area (Å²) >= 11 is 0. The number of fused-ring (bicyclic) bond motifs is 5. The lowest BCUT2D eigenvalue weighted by molar-refractivity contribution is 0.467. The highest BCUT2D eigenvalue weighted by atomic mass is 16.3. The first-order valence-electron chi connectivity index (χ1n) is 25.4. The summed E-state index contributed by atoms with van der Waals surface area (Å²) in [7, 11) is 0. The highest BCUT2D eigenvalue weighted by Crippen LogP contribution is 2.60. The lowest BCUT2D eigenvalue weighted by Gasteiger charge is -2.36. The van der Waals surface area contributed by atoms with Crippen molar-refractivity contribution < 1.29 is 5.11 Å². The van der Waals surface area contributed by atoms with Gasteiger partial charge in [0.25, 0.3) is 0 Å². The summed E-state index contributed by atoms with van der Waals surface area (Å²) in [6.07, 6.45) is 0.843. The number of rotatable bonds is 10. The minimum absolute atomic E-state index is 0.322. The molecule has 0 aliphatic heterocycles. The second-order valence-corrected chi connectivity index (χ2v) is 19.2. The van der Waals surface area contributed by atoms with Crippen molar-refractivity contribution in [2.75, 3.05) is 4.90 Å². The molecule has 0 radical (unpaired) electrons. The molecule has 1 aliphatic carbocycles. The van der Waals surface area contributed by atoms with Crippen molar-refractivity contribution in [3.8, 4) is 61.4 Å². The van der Waals surface area contributed by atoms with Crippen molar-refractivity contribution in [2.24, 2.45) is 0 Å². The van der Waals surface area contributed by atoms with Crippen LogP contribution in [-0.4, -0.2) is 5.11 Å². The molecule has 1 atom stereocenters. The second-order valence-electron chi connectivity index (χ2n) is 19.2. The molecule has 1 N–H and O–H groups in total. The Balaban J connectivity index is 0.929. The molecule has 0 bridgehead atoms. The van der Waals surface area contributed by atoms with Gasteiger partial charge in [0, 0.05) is 27.9 Å². The Bertz CT molecular complexity index is 4040. The molecule has 2 heteroatoms. The molecule has 0 amide bonds. The van der Waals surface area contributed by atoms with Gasteiger partial charge in [-0.15, -0.1) is 0 Å². The summed E-state index contributed by atoms with van der Waals surface area (Å²) < 4.78 is 0. The summed E-state index contributed by atoms with van der Waals surface area (Å²) in [6, 6.07) is 98.5. The number of hydrogen-bond donors (Lipinski definition) is 1. The molecule has 0 heterocycles. The molecule has 0 aromatic heterocycles. The van der Waals surface area contributed by atoms with Gasteiger partial charge in [-0.25, -0.2) is 0 Å². The molecule has 12 aromatic rings. The van der Waals surface area contributed by atoms with Gasteiger partial charge in [-0.2, -0.15) is 0 Å². The smallest absolute Gasteiger partial charge is 0.128 e. The first-order chi connectivity index (χ1) is 36.1. The third-order valence-electron chi connectivity index (χ3n) is 15.2. The Morgan fingerprint density at radius 3 is 1.56 bits per heavy atom. The maximum atomic E-state index is 12.6. The molecule has 73 heavy (non-hydrogen) atoms. The summed E-state index contributed by atoms with van der Waals surface area (Å²) in [5.74, 6) is 0.322. The van der Waals surface area contributed by atoms with Crippen LogP contribution < -0.4 is 4.90 Å². The summed E-state index contributed by atoms with van der Waals surface area (Å²) in [6.45, 7) is 2.26. The highest BCUT2D eigenvalue weighted by molar-refractivity contribution is 5.97. The Labute approximate surface area is 427 Å². The van der Waals surface area contributed by atoms with E-state index in [2.05, 4.69) is 267 Å². The first kappa shape index (κ1) is 43.8. The van der Waals surface area contributed by atoms with E-state index in [9.17, 15) is 5.11 Å². The van der Waals surface area contributed by atoms with Crippen LogP contribution in [0.3, 0.4) is 0 Å². The summed E-state index contributed by atoms with van der Waals surface area (Å²) in [5.41, 5.74) is 19.8. The monoisotopic (exact) mass is 933 g/mol. The van der Waals surface area contributed by atoms with Gasteiger partial charge in [-0.05, 0) is 143 Å². The van der Waals surface area contributed by atoms with E-state index < -0.39 is 5.41 Å². The normalized spacial score (nSPS) is 13.7. The molecule has 346 valence electrons. The quantitative estimate of drug-likeness (QED) is 0.148. The van der Waals surface area contributed by atoms with Crippen LogP contribution in [0.25, 0.3) is 77.2 Å². The van der Waals surface area contributed by atoms with Gasteiger partial charge in [-0.3, -0.25) is 0 Å². The zero-order valence-electron chi connectivity index (χ0n) is 40.6. The van der Waals surface area contributed by atoms with Gasteiger partial charge in [0.05, 0.1) is 11.1 Å². The van der Waals surface area contributed by atoms with E-state index in [0.717, 1.165) is 73.2 Å². The van der Waals surface area contributed by atoms with E-state index in [-0.39, 0.29) is 0 Å². The van der Waals surface area contributed by atoms with Gasteiger partial charge < -0.3 is 10.0 Å². The topological polar surface area (TPSA) is 23.5 Å². The van der Waals surface area contributed by atoms with E-state index in [1.54, 1.807) is 0 Å². The van der Waals surface area contributed by atoms with E-state index in [4.69, 9.17) is 0 Å². The van der Waals surface area contributed by atoms with Gasteiger partial charge in [0.2, 0.25) is 0 Å².